The van der Waals surface area contributed by atoms with Gasteiger partial charge in [-0.05, 0) is 37.0 Å². The van der Waals surface area contributed by atoms with E-state index in [1.165, 1.54) is 6.07 Å². The Bertz CT molecular complexity index is 735. The summed E-state index contributed by atoms with van der Waals surface area (Å²) in [5.74, 6) is 0.996. The minimum atomic E-state index is -0.256. The summed E-state index contributed by atoms with van der Waals surface area (Å²) in [6, 6.07) is 4.88. The predicted molar refractivity (Wildman–Crippen MR) is 99.5 cm³/mol. The summed E-state index contributed by atoms with van der Waals surface area (Å²) in [7, 11) is 0. The van der Waals surface area contributed by atoms with Crippen LogP contribution in [0.25, 0.3) is 0 Å². The standard InChI is InChI=1S/C21H27FN2O4/c22-14-1-2-19-16(7-14)20-18(12-28-19)17(21(25)23-15-10-27-11-15)9-24(20)8-13-3-5-26-6-4-13/h1-2,7,13,15,17-18,20H,3-6,8-12H2,(H,23,25)/t17-,18+,20+/m1/s1. The van der Waals surface area contributed by atoms with E-state index < -0.39 is 0 Å². The van der Waals surface area contributed by atoms with Gasteiger partial charge in [0, 0.05) is 43.8 Å². The molecule has 7 heteroatoms. The number of hydrogen-bond acceptors (Lipinski definition) is 5. The van der Waals surface area contributed by atoms with Gasteiger partial charge in [0.1, 0.15) is 11.6 Å². The highest BCUT2D eigenvalue weighted by Gasteiger charge is 2.49. The maximum atomic E-state index is 14.0. The van der Waals surface area contributed by atoms with Crippen LogP contribution in [0.4, 0.5) is 4.39 Å². The molecule has 4 heterocycles. The third-order valence-electron chi connectivity index (χ3n) is 6.62. The Labute approximate surface area is 164 Å². The van der Waals surface area contributed by atoms with Crippen molar-refractivity contribution in [1.82, 2.24) is 10.2 Å². The smallest absolute Gasteiger partial charge is 0.225 e. The molecule has 3 saturated heterocycles. The molecule has 0 unspecified atom stereocenters. The first-order valence-corrected chi connectivity index (χ1v) is 10.3. The first-order chi connectivity index (χ1) is 13.7. The minimum absolute atomic E-state index is 0.0238. The molecule has 0 radical (unpaired) electrons. The number of rotatable bonds is 4. The fourth-order valence-corrected chi connectivity index (χ4v) is 5.05. The number of amides is 1. The Morgan fingerprint density at radius 3 is 2.75 bits per heavy atom. The molecule has 3 atom stereocenters. The van der Waals surface area contributed by atoms with E-state index >= 15 is 0 Å². The van der Waals surface area contributed by atoms with Crippen molar-refractivity contribution < 1.29 is 23.4 Å². The molecule has 152 valence electrons. The molecular weight excluding hydrogens is 363 g/mol. The van der Waals surface area contributed by atoms with E-state index in [1.807, 2.05) is 0 Å². The number of likely N-dealkylation sites (tertiary alicyclic amines) is 1. The van der Waals surface area contributed by atoms with Crippen LogP contribution in [0.3, 0.4) is 0 Å². The number of nitrogens with one attached hydrogen (secondary N) is 1. The molecule has 5 rings (SSSR count). The molecule has 1 N–H and O–H groups in total. The highest BCUT2D eigenvalue weighted by molar-refractivity contribution is 5.80. The van der Waals surface area contributed by atoms with Crippen LogP contribution in [0, 0.1) is 23.6 Å². The molecule has 4 aliphatic heterocycles. The van der Waals surface area contributed by atoms with Crippen molar-refractivity contribution in [3.05, 3.63) is 29.6 Å². The molecule has 6 nitrogen and oxygen atoms in total. The van der Waals surface area contributed by atoms with Gasteiger partial charge in [-0.2, -0.15) is 0 Å². The number of halogens is 1. The van der Waals surface area contributed by atoms with E-state index in [2.05, 4.69) is 10.2 Å². The van der Waals surface area contributed by atoms with E-state index in [1.54, 1.807) is 12.1 Å². The number of nitrogens with zero attached hydrogens (tertiary/aromatic N) is 1. The zero-order valence-electron chi connectivity index (χ0n) is 15.9. The van der Waals surface area contributed by atoms with E-state index in [0.717, 1.165) is 43.9 Å². The molecule has 0 aliphatic carbocycles. The summed E-state index contributed by atoms with van der Waals surface area (Å²) in [4.78, 5) is 15.4. The summed E-state index contributed by atoms with van der Waals surface area (Å²) in [5, 5.41) is 3.11. The van der Waals surface area contributed by atoms with Crippen LogP contribution in [0.1, 0.15) is 24.4 Å². The van der Waals surface area contributed by atoms with Gasteiger partial charge in [0.25, 0.3) is 0 Å². The normalized spacial score (nSPS) is 30.8. The maximum Gasteiger partial charge on any atom is 0.225 e. The molecule has 0 saturated carbocycles. The molecule has 1 aromatic carbocycles. The lowest BCUT2D eigenvalue weighted by Crippen LogP contribution is -2.51. The fourth-order valence-electron chi connectivity index (χ4n) is 5.05. The number of benzene rings is 1. The van der Waals surface area contributed by atoms with Gasteiger partial charge in [-0.25, -0.2) is 4.39 Å². The van der Waals surface area contributed by atoms with Gasteiger partial charge in [0.05, 0.1) is 31.8 Å². The molecule has 4 aliphatic rings. The second kappa shape index (κ2) is 7.61. The number of fused-ring (bicyclic) bond motifs is 3. The van der Waals surface area contributed by atoms with Gasteiger partial charge in [-0.15, -0.1) is 0 Å². The zero-order chi connectivity index (χ0) is 19.1. The Kier molecular flexibility index (Phi) is 4.99. The Morgan fingerprint density at radius 2 is 2.00 bits per heavy atom. The van der Waals surface area contributed by atoms with Crippen molar-refractivity contribution in [3.63, 3.8) is 0 Å². The van der Waals surface area contributed by atoms with Crippen molar-refractivity contribution in [2.75, 3.05) is 46.1 Å². The van der Waals surface area contributed by atoms with Crippen LogP contribution in [-0.4, -0.2) is 63.0 Å². The topological polar surface area (TPSA) is 60.0 Å². The SMILES string of the molecule is O=C(NC1COC1)[C@@H]1CN(CC2CCOCC2)[C@H]2c3cc(F)ccc3OC[C@@H]12. The van der Waals surface area contributed by atoms with Gasteiger partial charge in [0.15, 0.2) is 0 Å². The van der Waals surface area contributed by atoms with E-state index in [0.29, 0.717) is 32.3 Å². The van der Waals surface area contributed by atoms with Crippen LogP contribution in [0.2, 0.25) is 0 Å². The van der Waals surface area contributed by atoms with E-state index in [9.17, 15) is 9.18 Å². The monoisotopic (exact) mass is 390 g/mol. The first-order valence-electron chi connectivity index (χ1n) is 10.3. The van der Waals surface area contributed by atoms with Crippen LogP contribution >= 0.6 is 0 Å². The Balaban J connectivity index is 1.40. The summed E-state index contributed by atoms with van der Waals surface area (Å²) < 4.78 is 30.7. The summed E-state index contributed by atoms with van der Waals surface area (Å²) in [6.07, 6.45) is 2.08. The first kappa shape index (κ1) is 18.3. The van der Waals surface area contributed by atoms with Crippen LogP contribution in [0.15, 0.2) is 18.2 Å². The maximum absolute atomic E-state index is 14.0. The van der Waals surface area contributed by atoms with Gasteiger partial charge < -0.3 is 19.5 Å². The van der Waals surface area contributed by atoms with Crippen molar-refractivity contribution in [3.8, 4) is 5.75 Å². The predicted octanol–water partition coefficient (Wildman–Crippen LogP) is 1.75. The largest absolute Gasteiger partial charge is 0.493 e. The second-order valence-corrected chi connectivity index (χ2v) is 8.46. The summed E-state index contributed by atoms with van der Waals surface area (Å²) in [5.41, 5.74) is 0.880. The Morgan fingerprint density at radius 1 is 1.18 bits per heavy atom. The quantitative estimate of drug-likeness (QED) is 0.849. The lowest BCUT2D eigenvalue weighted by atomic mass is 9.84. The van der Waals surface area contributed by atoms with Crippen molar-refractivity contribution >= 4 is 5.91 Å². The van der Waals surface area contributed by atoms with Crippen molar-refractivity contribution in [1.29, 1.82) is 0 Å². The highest BCUT2D eigenvalue weighted by Crippen LogP contribution is 2.48. The number of carbonyl (C=O) groups is 1. The molecule has 0 aromatic heterocycles. The van der Waals surface area contributed by atoms with Crippen LogP contribution in [0.5, 0.6) is 5.75 Å². The minimum Gasteiger partial charge on any atom is -0.493 e. The lowest BCUT2D eigenvalue weighted by Gasteiger charge is -2.36. The average Bonchev–Trinajstić information content (AvgIpc) is 3.04. The molecule has 3 fully saturated rings. The van der Waals surface area contributed by atoms with Gasteiger partial charge in [-0.3, -0.25) is 9.69 Å². The summed E-state index contributed by atoms with van der Waals surface area (Å²) >= 11 is 0. The molecule has 0 spiro atoms. The van der Waals surface area contributed by atoms with E-state index in [-0.39, 0.29) is 35.6 Å². The number of hydrogen-bond donors (Lipinski definition) is 1. The second-order valence-electron chi connectivity index (χ2n) is 8.46. The van der Waals surface area contributed by atoms with Gasteiger partial charge in [0.2, 0.25) is 5.91 Å². The molecule has 28 heavy (non-hydrogen) atoms. The Hall–Kier alpha value is -1.70. The third-order valence-corrected chi connectivity index (χ3v) is 6.62. The number of carbonyl (C=O) groups excluding carboxylic acids is 1. The van der Waals surface area contributed by atoms with Crippen molar-refractivity contribution in [2.24, 2.45) is 17.8 Å². The van der Waals surface area contributed by atoms with Gasteiger partial charge in [-0.1, -0.05) is 0 Å². The van der Waals surface area contributed by atoms with Crippen LogP contribution < -0.4 is 10.1 Å². The molecule has 1 aromatic rings. The molecule has 0 bridgehead atoms. The zero-order valence-corrected chi connectivity index (χ0v) is 15.9. The number of ether oxygens (including phenoxy) is 3. The molecule has 1 amide bonds. The van der Waals surface area contributed by atoms with Gasteiger partial charge >= 0.3 is 0 Å². The molecular formula is C21H27FN2O4. The fraction of sp³-hybridized carbons (Fsp3) is 0.667. The summed E-state index contributed by atoms with van der Waals surface area (Å²) in [6.45, 7) is 4.86. The average molecular weight is 390 g/mol. The third kappa shape index (κ3) is 3.40. The van der Waals surface area contributed by atoms with E-state index in [4.69, 9.17) is 14.2 Å². The van der Waals surface area contributed by atoms with Crippen LogP contribution in [-0.2, 0) is 14.3 Å². The highest BCUT2D eigenvalue weighted by atomic mass is 19.1. The lowest BCUT2D eigenvalue weighted by molar-refractivity contribution is -0.130. The van der Waals surface area contributed by atoms with Crippen molar-refractivity contribution in [2.45, 2.75) is 24.9 Å².